The number of allylic oxidation sites excluding steroid dienone is 1. The molecule has 0 radical (unpaired) electrons. The molecule has 0 fully saturated rings. The fourth-order valence-corrected chi connectivity index (χ4v) is 3.35. The van der Waals surface area contributed by atoms with Crippen LogP contribution >= 0.6 is 0 Å². The van der Waals surface area contributed by atoms with Crippen molar-refractivity contribution in [2.75, 3.05) is 12.3 Å². The molecule has 0 unspecified atom stereocenters. The Labute approximate surface area is 145 Å². The van der Waals surface area contributed by atoms with Crippen molar-refractivity contribution in [1.82, 2.24) is 9.87 Å². The lowest BCUT2D eigenvalue weighted by Gasteiger charge is -2.12. The zero-order chi connectivity index (χ0) is 18.2. The monoisotopic (exact) mass is 358 g/mol. The summed E-state index contributed by atoms with van der Waals surface area (Å²) in [6.07, 6.45) is 3.56. The van der Waals surface area contributed by atoms with Gasteiger partial charge in [-0.05, 0) is 54.8 Å². The van der Waals surface area contributed by atoms with Gasteiger partial charge < -0.3 is 10.9 Å². The number of nitrogen functional groups attached to an aromatic ring is 1. The quantitative estimate of drug-likeness (QED) is 0.724. The van der Waals surface area contributed by atoms with Crippen LogP contribution in [0.2, 0.25) is 0 Å². The third-order valence-electron chi connectivity index (χ3n) is 4.10. The molecule has 4 N–H and O–H groups in total. The van der Waals surface area contributed by atoms with Crippen LogP contribution in [0, 0.1) is 6.92 Å². The highest BCUT2D eigenvalue weighted by atomic mass is 32.2. The summed E-state index contributed by atoms with van der Waals surface area (Å²) < 4.78 is 23.7. The fraction of sp³-hybridized carbons (Fsp3) is 0.176. The van der Waals surface area contributed by atoms with Crippen LogP contribution in [0.25, 0.3) is 16.7 Å². The molecule has 2 aromatic rings. The highest BCUT2D eigenvalue weighted by Gasteiger charge is 2.17. The first-order valence-electron chi connectivity index (χ1n) is 7.56. The van der Waals surface area contributed by atoms with Gasteiger partial charge in [-0.3, -0.25) is 4.99 Å². The predicted octanol–water partition coefficient (Wildman–Crippen LogP) is 2.16. The van der Waals surface area contributed by atoms with E-state index in [1.807, 2.05) is 26.0 Å². The standard InChI is InChI=1S/C17H18N4O3S/c1-10-3-4-14(25(23,24)21-22)7-15(10)13-6-16(17(18)20-9-13)12-5-11(2)19-8-12/h3-7,9,21-22H,8H2,1-2H3,(H2,18,20). The summed E-state index contributed by atoms with van der Waals surface area (Å²) in [7, 11) is -3.96. The van der Waals surface area contributed by atoms with E-state index in [0.29, 0.717) is 17.9 Å². The number of hydrogen-bond acceptors (Lipinski definition) is 6. The van der Waals surface area contributed by atoms with Gasteiger partial charge in [0.2, 0.25) is 0 Å². The van der Waals surface area contributed by atoms with Crippen LogP contribution in [0.3, 0.4) is 0 Å². The highest BCUT2D eigenvalue weighted by molar-refractivity contribution is 7.89. The van der Waals surface area contributed by atoms with Crippen LogP contribution in [-0.2, 0) is 10.0 Å². The van der Waals surface area contributed by atoms with Crippen molar-refractivity contribution in [3.05, 3.63) is 47.7 Å². The van der Waals surface area contributed by atoms with Gasteiger partial charge in [0.15, 0.2) is 0 Å². The molecular weight excluding hydrogens is 340 g/mol. The minimum absolute atomic E-state index is 0.0340. The van der Waals surface area contributed by atoms with Crippen LogP contribution in [0.15, 0.2) is 46.4 Å². The van der Waals surface area contributed by atoms with E-state index in [4.69, 9.17) is 10.9 Å². The molecule has 0 aliphatic carbocycles. The van der Waals surface area contributed by atoms with E-state index in [1.165, 1.54) is 17.0 Å². The largest absolute Gasteiger partial charge is 0.383 e. The number of hydrogen-bond donors (Lipinski definition) is 3. The van der Waals surface area contributed by atoms with Gasteiger partial charge in [0.05, 0.1) is 11.4 Å². The third-order valence-corrected chi connectivity index (χ3v) is 5.21. The Morgan fingerprint density at radius 2 is 1.96 bits per heavy atom. The van der Waals surface area contributed by atoms with E-state index >= 15 is 0 Å². The molecule has 1 aromatic carbocycles. The van der Waals surface area contributed by atoms with E-state index in [1.54, 1.807) is 12.3 Å². The number of aromatic nitrogens is 1. The van der Waals surface area contributed by atoms with E-state index in [9.17, 15) is 8.42 Å². The molecule has 8 heteroatoms. The normalized spacial score (nSPS) is 14.4. The molecule has 3 rings (SSSR count). The average Bonchev–Trinajstić information content (AvgIpc) is 3.02. The zero-order valence-electron chi connectivity index (χ0n) is 13.8. The Balaban J connectivity index is 2.12. The first-order valence-corrected chi connectivity index (χ1v) is 9.04. The number of aryl methyl sites for hydroxylation is 1. The van der Waals surface area contributed by atoms with Crippen molar-refractivity contribution < 1.29 is 13.6 Å². The molecule has 0 amide bonds. The second-order valence-electron chi connectivity index (χ2n) is 5.86. The minimum atomic E-state index is -3.96. The molecular formula is C17H18N4O3S. The van der Waals surface area contributed by atoms with Gasteiger partial charge in [0.25, 0.3) is 10.0 Å². The lowest BCUT2D eigenvalue weighted by Crippen LogP contribution is -2.19. The van der Waals surface area contributed by atoms with Gasteiger partial charge in [0, 0.05) is 23.0 Å². The predicted molar refractivity (Wildman–Crippen MR) is 96.9 cm³/mol. The maximum Gasteiger partial charge on any atom is 0.262 e. The van der Waals surface area contributed by atoms with Crippen molar-refractivity contribution in [2.24, 2.45) is 4.99 Å². The summed E-state index contributed by atoms with van der Waals surface area (Å²) >= 11 is 0. The van der Waals surface area contributed by atoms with Crippen LogP contribution in [0.5, 0.6) is 0 Å². The van der Waals surface area contributed by atoms with E-state index in [0.717, 1.165) is 28.0 Å². The summed E-state index contributed by atoms with van der Waals surface area (Å²) in [6, 6.07) is 6.49. The number of anilines is 1. The molecule has 0 saturated heterocycles. The van der Waals surface area contributed by atoms with Crippen molar-refractivity contribution in [3.8, 4) is 11.1 Å². The molecule has 0 spiro atoms. The smallest absolute Gasteiger partial charge is 0.262 e. The SMILES string of the molecule is CC1=NCC(c2cc(-c3cc(S(=O)(=O)NO)ccc3C)cnc2N)=C1. The molecule has 25 heavy (non-hydrogen) atoms. The van der Waals surface area contributed by atoms with E-state index in [-0.39, 0.29) is 4.90 Å². The topological polar surface area (TPSA) is 118 Å². The van der Waals surface area contributed by atoms with E-state index < -0.39 is 10.0 Å². The lowest BCUT2D eigenvalue weighted by atomic mass is 9.98. The van der Waals surface area contributed by atoms with Crippen molar-refractivity contribution in [1.29, 1.82) is 0 Å². The number of sulfonamides is 1. The molecule has 7 nitrogen and oxygen atoms in total. The molecule has 1 aliphatic heterocycles. The van der Waals surface area contributed by atoms with Gasteiger partial charge in [-0.15, -0.1) is 0 Å². The Morgan fingerprint density at radius 3 is 2.60 bits per heavy atom. The molecule has 0 saturated carbocycles. The third kappa shape index (κ3) is 3.32. The Bertz CT molecular complexity index is 1010. The highest BCUT2D eigenvalue weighted by Crippen LogP contribution is 2.31. The Hall–Kier alpha value is -2.55. The van der Waals surface area contributed by atoms with Gasteiger partial charge in [-0.1, -0.05) is 11.0 Å². The molecule has 1 aliphatic rings. The maximum atomic E-state index is 11.8. The Morgan fingerprint density at radius 1 is 1.20 bits per heavy atom. The van der Waals surface area contributed by atoms with Crippen molar-refractivity contribution >= 4 is 27.1 Å². The molecule has 2 heterocycles. The number of aliphatic imine (C=N–C) groups is 1. The van der Waals surface area contributed by atoms with Crippen LogP contribution in [0.4, 0.5) is 5.82 Å². The first-order chi connectivity index (χ1) is 11.8. The van der Waals surface area contributed by atoms with Crippen molar-refractivity contribution in [2.45, 2.75) is 18.7 Å². The number of benzene rings is 1. The summed E-state index contributed by atoms with van der Waals surface area (Å²) in [4.78, 5) is 9.89. The lowest BCUT2D eigenvalue weighted by molar-refractivity contribution is 0.242. The van der Waals surface area contributed by atoms with Gasteiger partial charge in [0.1, 0.15) is 5.82 Å². The molecule has 130 valence electrons. The average molecular weight is 358 g/mol. The second kappa shape index (κ2) is 6.40. The zero-order valence-corrected chi connectivity index (χ0v) is 14.6. The first kappa shape index (κ1) is 17.3. The number of nitrogens with one attached hydrogen (secondary N) is 1. The summed E-state index contributed by atoms with van der Waals surface area (Å²) in [5, 5.41) is 8.84. The van der Waals surface area contributed by atoms with Crippen LogP contribution in [-0.4, -0.2) is 30.9 Å². The van der Waals surface area contributed by atoms with Crippen LogP contribution in [0.1, 0.15) is 18.1 Å². The molecule has 0 bridgehead atoms. The molecule has 0 atom stereocenters. The number of rotatable bonds is 4. The van der Waals surface area contributed by atoms with Gasteiger partial charge in [-0.2, -0.15) is 0 Å². The molecule has 1 aromatic heterocycles. The second-order valence-corrected chi connectivity index (χ2v) is 7.52. The Kier molecular flexibility index (Phi) is 4.42. The maximum absolute atomic E-state index is 11.8. The van der Waals surface area contributed by atoms with Gasteiger partial charge >= 0.3 is 0 Å². The van der Waals surface area contributed by atoms with Crippen molar-refractivity contribution in [3.63, 3.8) is 0 Å². The number of nitrogens with zero attached hydrogens (tertiary/aromatic N) is 2. The number of nitrogens with two attached hydrogens (primary N) is 1. The van der Waals surface area contributed by atoms with Crippen LogP contribution < -0.4 is 10.6 Å². The summed E-state index contributed by atoms with van der Waals surface area (Å²) in [6.45, 7) is 4.33. The summed E-state index contributed by atoms with van der Waals surface area (Å²) in [5.74, 6) is 0.401. The summed E-state index contributed by atoms with van der Waals surface area (Å²) in [5.41, 5.74) is 11.0. The fourth-order valence-electron chi connectivity index (χ4n) is 2.73. The van der Waals surface area contributed by atoms with E-state index in [2.05, 4.69) is 9.98 Å². The van der Waals surface area contributed by atoms with Gasteiger partial charge in [-0.25, -0.2) is 13.4 Å². The minimum Gasteiger partial charge on any atom is -0.383 e. The number of pyridine rings is 1.